The van der Waals surface area contributed by atoms with Crippen LogP contribution in [0, 0.1) is 0 Å². The van der Waals surface area contributed by atoms with Crippen LogP contribution in [0.25, 0.3) is 0 Å². The number of fused-ring (bicyclic) bond motifs is 2. The maximum absolute atomic E-state index is 11.3. The van der Waals surface area contributed by atoms with Gasteiger partial charge in [-0.05, 0) is 26.2 Å². The molecule has 2 fully saturated rings. The van der Waals surface area contributed by atoms with E-state index in [2.05, 4.69) is 0 Å². The highest BCUT2D eigenvalue weighted by Gasteiger charge is 2.42. The van der Waals surface area contributed by atoms with Crippen LogP contribution in [-0.4, -0.2) is 34.3 Å². The molecule has 0 radical (unpaired) electrons. The van der Waals surface area contributed by atoms with Crippen LogP contribution in [0.4, 0.5) is 0 Å². The number of rotatable bonds is 1. The van der Waals surface area contributed by atoms with Gasteiger partial charge in [-0.2, -0.15) is 0 Å². The number of nitrogens with zero attached hydrogens (tertiary/aromatic N) is 1. The first-order valence-electron chi connectivity index (χ1n) is 4.36. The second kappa shape index (κ2) is 2.71. The predicted molar refractivity (Wildman–Crippen MR) is 41.0 cm³/mol. The molecule has 2 aliphatic rings. The Morgan fingerprint density at radius 1 is 1.67 bits per heavy atom. The Labute approximate surface area is 71.1 Å². The fourth-order valence-corrected chi connectivity index (χ4v) is 1.89. The van der Waals surface area contributed by atoms with Gasteiger partial charge in [0.15, 0.2) is 0 Å². The lowest BCUT2D eigenvalue weighted by atomic mass is 10.2. The van der Waals surface area contributed by atoms with Crippen LogP contribution in [0.15, 0.2) is 0 Å². The third-order valence-corrected chi connectivity index (χ3v) is 2.53. The summed E-state index contributed by atoms with van der Waals surface area (Å²) >= 11 is 0. The summed E-state index contributed by atoms with van der Waals surface area (Å²) in [4.78, 5) is 16.6. The molecule has 1 aliphatic heterocycles. The number of hydrogen-bond donors (Lipinski definition) is 1. The molecular formula is C8H13NO3. The topological polar surface area (TPSA) is 49.8 Å². The summed E-state index contributed by atoms with van der Waals surface area (Å²) < 4.78 is 0. The Kier molecular flexibility index (Phi) is 1.81. The quantitative estimate of drug-likeness (QED) is 0.607. The van der Waals surface area contributed by atoms with Crippen LogP contribution in [0.1, 0.15) is 26.2 Å². The van der Waals surface area contributed by atoms with Crippen molar-refractivity contribution in [3.8, 4) is 0 Å². The molecule has 2 rings (SSSR count). The summed E-state index contributed by atoms with van der Waals surface area (Å²) in [5.41, 5.74) is 0. The van der Waals surface area contributed by atoms with Crippen LogP contribution in [0.3, 0.4) is 0 Å². The van der Waals surface area contributed by atoms with Crippen LogP contribution >= 0.6 is 0 Å². The summed E-state index contributed by atoms with van der Waals surface area (Å²) in [5, 5.41) is 10.4. The number of aliphatic hydroxyl groups excluding tert-OH is 1. The Morgan fingerprint density at radius 3 is 2.83 bits per heavy atom. The third kappa shape index (κ3) is 1.11. The maximum Gasteiger partial charge on any atom is 0.274 e. The molecule has 12 heavy (non-hydrogen) atoms. The second-order valence-corrected chi connectivity index (χ2v) is 3.53. The number of hydrogen-bond acceptors (Lipinski definition) is 3. The molecule has 3 atom stereocenters. The molecule has 0 aromatic rings. The molecule has 1 saturated carbocycles. The van der Waals surface area contributed by atoms with Crippen molar-refractivity contribution in [1.29, 1.82) is 0 Å². The highest BCUT2D eigenvalue weighted by Crippen LogP contribution is 2.35. The zero-order valence-electron chi connectivity index (χ0n) is 7.06. The van der Waals surface area contributed by atoms with E-state index in [0.717, 1.165) is 19.3 Å². The molecule has 2 bridgehead atoms. The molecule has 1 heterocycles. The number of hydroxylamine groups is 2. The van der Waals surface area contributed by atoms with E-state index in [4.69, 9.17) is 9.94 Å². The van der Waals surface area contributed by atoms with Gasteiger partial charge < -0.3 is 5.11 Å². The standard InChI is InChI=1S/C8H13NO3/c1-5(10)8(11)9-6-2-3-7(4-6)12-9/h5-7,10H,2-4H2,1H3/t5-,6+,7-/m1/s1. The van der Waals surface area contributed by atoms with Gasteiger partial charge in [0.05, 0.1) is 12.1 Å². The van der Waals surface area contributed by atoms with Gasteiger partial charge >= 0.3 is 0 Å². The molecule has 1 aliphatic carbocycles. The van der Waals surface area contributed by atoms with Crippen LogP contribution in [0.2, 0.25) is 0 Å². The van der Waals surface area contributed by atoms with E-state index in [-0.39, 0.29) is 18.1 Å². The first-order chi connectivity index (χ1) is 5.68. The average molecular weight is 171 g/mol. The Hall–Kier alpha value is -0.610. The second-order valence-electron chi connectivity index (χ2n) is 3.53. The summed E-state index contributed by atoms with van der Waals surface area (Å²) in [6, 6.07) is 0.220. The summed E-state index contributed by atoms with van der Waals surface area (Å²) in [6.45, 7) is 1.47. The Morgan fingerprint density at radius 2 is 2.42 bits per heavy atom. The molecular weight excluding hydrogens is 158 g/mol. The van der Waals surface area contributed by atoms with Crippen molar-refractivity contribution in [2.45, 2.75) is 44.4 Å². The van der Waals surface area contributed by atoms with Crippen LogP contribution in [0.5, 0.6) is 0 Å². The zero-order valence-corrected chi connectivity index (χ0v) is 7.06. The van der Waals surface area contributed by atoms with E-state index in [0.29, 0.717) is 0 Å². The molecule has 0 spiro atoms. The summed E-state index contributed by atoms with van der Waals surface area (Å²) in [7, 11) is 0. The SMILES string of the molecule is C[C@@H](O)C(=O)N1O[C@@H]2CC[C@H]1C2. The predicted octanol–water partition coefficient (Wildman–Crippen LogP) is 0.0621. The van der Waals surface area contributed by atoms with Gasteiger partial charge in [-0.1, -0.05) is 0 Å². The van der Waals surface area contributed by atoms with E-state index in [9.17, 15) is 4.79 Å². The fraction of sp³-hybridized carbons (Fsp3) is 0.875. The van der Waals surface area contributed by atoms with Crippen molar-refractivity contribution in [2.75, 3.05) is 0 Å². The summed E-state index contributed by atoms with van der Waals surface area (Å²) in [6.07, 6.45) is 2.29. The third-order valence-electron chi connectivity index (χ3n) is 2.53. The number of amides is 1. The van der Waals surface area contributed by atoms with E-state index in [1.165, 1.54) is 12.0 Å². The van der Waals surface area contributed by atoms with Crippen molar-refractivity contribution in [3.63, 3.8) is 0 Å². The molecule has 0 aromatic carbocycles. The Balaban J connectivity index is 2.02. The van der Waals surface area contributed by atoms with E-state index >= 15 is 0 Å². The molecule has 4 heteroatoms. The van der Waals surface area contributed by atoms with E-state index in [1.807, 2.05) is 0 Å². The van der Waals surface area contributed by atoms with Crippen molar-refractivity contribution < 1.29 is 14.7 Å². The monoisotopic (exact) mass is 171 g/mol. The molecule has 4 nitrogen and oxygen atoms in total. The molecule has 1 saturated heterocycles. The minimum Gasteiger partial charge on any atom is -0.383 e. The highest BCUT2D eigenvalue weighted by atomic mass is 16.7. The zero-order chi connectivity index (χ0) is 8.72. The van der Waals surface area contributed by atoms with Crippen molar-refractivity contribution >= 4 is 5.91 Å². The molecule has 68 valence electrons. The number of carbonyl (C=O) groups excluding carboxylic acids is 1. The minimum atomic E-state index is -0.940. The minimum absolute atomic E-state index is 0.220. The van der Waals surface area contributed by atoms with Crippen molar-refractivity contribution in [3.05, 3.63) is 0 Å². The lowest BCUT2D eigenvalue weighted by Gasteiger charge is -2.26. The lowest BCUT2D eigenvalue weighted by molar-refractivity contribution is -0.205. The average Bonchev–Trinajstić information content (AvgIpc) is 2.62. The van der Waals surface area contributed by atoms with Gasteiger partial charge in [0, 0.05) is 0 Å². The fourth-order valence-electron chi connectivity index (χ4n) is 1.89. The van der Waals surface area contributed by atoms with Crippen molar-refractivity contribution in [1.82, 2.24) is 5.06 Å². The van der Waals surface area contributed by atoms with Gasteiger partial charge in [0.25, 0.3) is 5.91 Å². The lowest BCUT2D eigenvalue weighted by Crippen LogP contribution is -2.41. The molecule has 1 N–H and O–H groups in total. The van der Waals surface area contributed by atoms with Gasteiger partial charge in [-0.15, -0.1) is 0 Å². The maximum atomic E-state index is 11.3. The highest BCUT2D eigenvalue weighted by molar-refractivity contribution is 5.79. The molecule has 1 amide bonds. The van der Waals surface area contributed by atoms with E-state index < -0.39 is 6.10 Å². The number of aliphatic hydroxyl groups is 1. The van der Waals surface area contributed by atoms with Crippen molar-refractivity contribution in [2.24, 2.45) is 0 Å². The van der Waals surface area contributed by atoms with Gasteiger partial charge in [0.2, 0.25) is 0 Å². The normalized spacial score (nSPS) is 35.7. The Bertz CT molecular complexity index is 204. The summed E-state index contributed by atoms with van der Waals surface area (Å²) in [5.74, 6) is -0.304. The van der Waals surface area contributed by atoms with Gasteiger partial charge in [0.1, 0.15) is 6.10 Å². The first kappa shape index (κ1) is 8.01. The molecule has 0 unspecified atom stereocenters. The van der Waals surface area contributed by atoms with Gasteiger partial charge in [-0.3, -0.25) is 9.63 Å². The number of carbonyl (C=O) groups is 1. The van der Waals surface area contributed by atoms with Crippen LogP contribution < -0.4 is 0 Å². The molecule has 0 aromatic heterocycles. The largest absolute Gasteiger partial charge is 0.383 e. The smallest absolute Gasteiger partial charge is 0.274 e. The first-order valence-corrected chi connectivity index (χ1v) is 4.36. The van der Waals surface area contributed by atoms with Crippen LogP contribution in [-0.2, 0) is 9.63 Å². The van der Waals surface area contributed by atoms with E-state index in [1.54, 1.807) is 0 Å². The van der Waals surface area contributed by atoms with Gasteiger partial charge in [-0.25, -0.2) is 5.06 Å².